The molecule has 33 heavy (non-hydrogen) atoms. The number of sulfonamides is 1. The third kappa shape index (κ3) is 5.30. The number of nitrogens with one attached hydrogen (secondary N) is 1. The fraction of sp³-hybridized carbons (Fsp3) is 0.500. The number of rotatable bonds is 7. The third-order valence-corrected chi connectivity index (χ3v) is 8.19. The molecule has 1 aromatic carbocycles. The number of anilines is 2. The second-order valence-corrected chi connectivity index (χ2v) is 11.1. The van der Waals surface area contributed by atoms with Gasteiger partial charge in [0.2, 0.25) is 10.0 Å². The molecule has 0 saturated carbocycles. The van der Waals surface area contributed by atoms with Crippen LogP contribution in [-0.4, -0.2) is 63.9 Å². The van der Waals surface area contributed by atoms with Crippen LogP contribution in [0.3, 0.4) is 0 Å². The summed E-state index contributed by atoms with van der Waals surface area (Å²) in [6.45, 7) is 4.13. The van der Waals surface area contributed by atoms with Gasteiger partial charge < -0.3 is 15.1 Å². The number of piperidine rings is 1. The Hall–Kier alpha value is -2.65. The molecule has 0 bridgehead atoms. The predicted molar refractivity (Wildman–Crippen MR) is 130 cm³/mol. The summed E-state index contributed by atoms with van der Waals surface area (Å²) in [7, 11) is -0.656. The van der Waals surface area contributed by atoms with Crippen molar-refractivity contribution < 1.29 is 13.2 Å². The van der Waals surface area contributed by atoms with Gasteiger partial charge in [-0.1, -0.05) is 6.07 Å². The smallest absolute Gasteiger partial charge is 0.253 e. The number of hydrogen-bond acceptors (Lipinski definition) is 6. The maximum Gasteiger partial charge on any atom is 0.253 e. The minimum absolute atomic E-state index is 0.119. The van der Waals surface area contributed by atoms with Crippen LogP contribution in [0.5, 0.6) is 0 Å². The summed E-state index contributed by atoms with van der Waals surface area (Å²) in [6, 6.07) is 8.84. The molecular formula is C24H33N5O3S. The summed E-state index contributed by atoms with van der Waals surface area (Å²) in [6.07, 6.45) is 7.60. The fourth-order valence-corrected chi connectivity index (χ4v) is 5.34. The summed E-state index contributed by atoms with van der Waals surface area (Å²) < 4.78 is 26.5. The van der Waals surface area contributed by atoms with E-state index in [9.17, 15) is 13.2 Å². The molecule has 0 aliphatic carbocycles. The predicted octanol–water partition coefficient (Wildman–Crippen LogP) is 2.85. The lowest BCUT2D eigenvalue weighted by molar-refractivity contribution is 0.0951. The lowest BCUT2D eigenvalue weighted by atomic mass is 10.1. The normalized spacial score (nSPS) is 16.9. The SMILES string of the molecule is CN(C)S(=O)(=O)c1ccc(N2CCCC2)c(C(=O)NCc2ccc(N3CCCCC3)nc2)c1. The zero-order chi connectivity index (χ0) is 23.4. The van der Waals surface area contributed by atoms with Crippen LogP contribution in [-0.2, 0) is 16.6 Å². The highest BCUT2D eigenvalue weighted by Crippen LogP contribution is 2.28. The van der Waals surface area contributed by atoms with Crippen LogP contribution in [0.15, 0.2) is 41.4 Å². The van der Waals surface area contributed by atoms with Gasteiger partial charge >= 0.3 is 0 Å². The molecule has 2 aliphatic rings. The molecule has 0 radical (unpaired) electrons. The average molecular weight is 472 g/mol. The van der Waals surface area contributed by atoms with Gasteiger partial charge in [0, 0.05) is 58.7 Å². The summed E-state index contributed by atoms with van der Waals surface area (Å²) >= 11 is 0. The first-order chi connectivity index (χ1) is 15.9. The van der Waals surface area contributed by atoms with Crippen molar-refractivity contribution in [2.24, 2.45) is 0 Å². The molecule has 0 unspecified atom stereocenters. The van der Waals surface area contributed by atoms with E-state index in [1.54, 1.807) is 18.3 Å². The van der Waals surface area contributed by atoms with Crippen LogP contribution in [0.4, 0.5) is 11.5 Å². The van der Waals surface area contributed by atoms with Crippen LogP contribution in [0, 0.1) is 0 Å². The molecule has 2 aromatic rings. The summed E-state index contributed by atoms with van der Waals surface area (Å²) in [5, 5.41) is 2.96. The van der Waals surface area contributed by atoms with Crippen LogP contribution < -0.4 is 15.1 Å². The molecule has 3 heterocycles. The number of carbonyl (C=O) groups is 1. The Kier molecular flexibility index (Phi) is 7.19. The van der Waals surface area contributed by atoms with Crippen molar-refractivity contribution in [3.8, 4) is 0 Å². The Labute approximate surface area is 196 Å². The molecule has 1 aromatic heterocycles. The van der Waals surface area contributed by atoms with Gasteiger partial charge in [0.15, 0.2) is 0 Å². The maximum absolute atomic E-state index is 13.2. The molecule has 2 saturated heterocycles. The summed E-state index contributed by atoms with van der Waals surface area (Å²) in [4.78, 5) is 22.3. The van der Waals surface area contributed by atoms with E-state index in [0.29, 0.717) is 12.1 Å². The van der Waals surface area contributed by atoms with Crippen molar-refractivity contribution in [2.75, 3.05) is 50.1 Å². The first-order valence-corrected chi connectivity index (χ1v) is 13.1. The average Bonchev–Trinajstić information content (AvgIpc) is 3.38. The van der Waals surface area contributed by atoms with E-state index in [2.05, 4.69) is 20.1 Å². The molecule has 8 nitrogen and oxygen atoms in total. The van der Waals surface area contributed by atoms with Crippen LogP contribution in [0.2, 0.25) is 0 Å². The van der Waals surface area contributed by atoms with E-state index in [0.717, 1.165) is 60.4 Å². The Bertz CT molecular complexity index is 1070. The van der Waals surface area contributed by atoms with E-state index in [1.807, 2.05) is 12.1 Å². The summed E-state index contributed by atoms with van der Waals surface area (Å²) in [5.41, 5.74) is 2.07. The first kappa shape index (κ1) is 23.5. The Balaban J connectivity index is 1.51. The number of hydrogen-bond donors (Lipinski definition) is 1. The summed E-state index contributed by atoms with van der Waals surface area (Å²) in [5.74, 6) is 0.690. The van der Waals surface area contributed by atoms with Gasteiger partial charge in [0.1, 0.15) is 5.82 Å². The lowest BCUT2D eigenvalue weighted by Gasteiger charge is -2.27. The molecule has 9 heteroatoms. The largest absolute Gasteiger partial charge is 0.371 e. The van der Waals surface area contributed by atoms with Crippen molar-refractivity contribution in [3.63, 3.8) is 0 Å². The highest BCUT2D eigenvalue weighted by atomic mass is 32.2. The molecule has 2 aliphatic heterocycles. The molecule has 1 amide bonds. The standard InChI is InChI=1S/C24H33N5O3S/c1-27(2)33(31,32)20-9-10-22(28-12-6-7-13-28)21(16-20)24(30)26-18-19-8-11-23(25-17-19)29-14-4-3-5-15-29/h8-11,16-17H,3-7,12-15,18H2,1-2H3,(H,26,30). The topological polar surface area (TPSA) is 85.8 Å². The van der Waals surface area contributed by atoms with Gasteiger partial charge in [-0.3, -0.25) is 4.79 Å². The number of carbonyl (C=O) groups excluding carboxylic acids is 1. The molecule has 0 spiro atoms. The third-order valence-electron chi connectivity index (χ3n) is 6.38. The van der Waals surface area contributed by atoms with Crippen LogP contribution >= 0.6 is 0 Å². The number of pyridine rings is 1. The monoisotopic (exact) mass is 471 g/mol. The van der Waals surface area contributed by atoms with Gasteiger partial charge in [0.05, 0.1) is 10.5 Å². The van der Waals surface area contributed by atoms with Gasteiger partial charge in [-0.25, -0.2) is 17.7 Å². The van der Waals surface area contributed by atoms with Gasteiger partial charge in [-0.2, -0.15) is 0 Å². The van der Waals surface area contributed by atoms with E-state index in [-0.39, 0.29) is 10.8 Å². The van der Waals surface area contributed by atoms with Gasteiger partial charge in [-0.05, 0) is 61.9 Å². The highest BCUT2D eigenvalue weighted by Gasteiger charge is 2.24. The van der Waals surface area contributed by atoms with E-state index in [4.69, 9.17) is 0 Å². The minimum Gasteiger partial charge on any atom is -0.371 e. The Morgan fingerprint density at radius 2 is 1.64 bits per heavy atom. The number of benzene rings is 1. The second kappa shape index (κ2) is 10.1. The molecule has 178 valence electrons. The maximum atomic E-state index is 13.2. The fourth-order valence-electron chi connectivity index (χ4n) is 4.41. The van der Waals surface area contributed by atoms with Crippen LogP contribution in [0.25, 0.3) is 0 Å². The zero-order valence-corrected chi connectivity index (χ0v) is 20.3. The van der Waals surface area contributed by atoms with E-state index in [1.165, 1.54) is 39.4 Å². The molecular weight excluding hydrogens is 438 g/mol. The van der Waals surface area contributed by atoms with Crippen LogP contribution in [0.1, 0.15) is 48.0 Å². The molecule has 4 rings (SSSR count). The molecule has 1 N–H and O–H groups in total. The lowest BCUT2D eigenvalue weighted by Crippen LogP contribution is -2.30. The molecule has 0 atom stereocenters. The van der Waals surface area contributed by atoms with E-state index >= 15 is 0 Å². The number of amides is 1. The van der Waals surface area contributed by atoms with Crippen molar-refractivity contribution in [2.45, 2.75) is 43.5 Å². The van der Waals surface area contributed by atoms with Crippen molar-refractivity contribution >= 4 is 27.4 Å². The molecule has 2 fully saturated rings. The van der Waals surface area contributed by atoms with Gasteiger partial charge in [0.25, 0.3) is 5.91 Å². The van der Waals surface area contributed by atoms with E-state index < -0.39 is 10.0 Å². The van der Waals surface area contributed by atoms with Crippen molar-refractivity contribution in [3.05, 3.63) is 47.7 Å². The zero-order valence-electron chi connectivity index (χ0n) is 19.5. The van der Waals surface area contributed by atoms with Crippen molar-refractivity contribution in [1.82, 2.24) is 14.6 Å². The Morgan fingerprint density at radius 1 is 0.970 bits per heavy atom. The number of aromatic nitrogens is 1. The Morgan fingerprint density at radius 3 is 2.27 bits per heavy atom. The number of nitrogens with zero attached hydrogens (tertiary/aromatic N) is 4. The quantitative estimate of drug-likeness (QED) is 0.668. The van der Waals surface area contributed by atoms with Crippen molar-refractivity contribution in [1.29, 1.82) is 0 Å². The second-order valence-electron chi connectivity index (χ2n) is 8.92. The highest BCUT2D eigenvalue weighted by molar-refractivity contribution is 7.89. The first-order valence-electron chi connectivity index (χ1n) is 11.7. The minimum atomic E-state index is -3.64. The van der Waals surface area contributed by atoms with Gasteiger partial charge in [-0.15, -0.1) is 0 Å².